The summed E-state index contributed by atoms with van der Waals surface area (Å²) >= 11 is 3.68. The summed E-state index contributed by atoms with van der Waals surface area (Å²) in [5, 5.41) is 11.9. The molecule has 0 unspecified atom stereocenters. The minimum absolute atomic E-state index is 0.270. The highest BCUT2D eigenvalue weighted by Gasteiger charge is 2.33. The zero-order chi connectivity index (χ0) is 29.7. The van der Waals surface area contributed by atoms with Crippen LogP contribution in [0.5, 0.6) is 0 Å². The number of aryl methyl sites for hydroxylation is 4. The van der Waals surface area contributed by atoms with Crippen molar-refractivity contribution in [2.45, 2.75) is 40.5 Å². The molecule has 3 aromatic carbocycles. The fourth-order valence-electron chi connectivity index (χ4n) is 5.83. The number of benzene rings is 3. The van der Waals surface area contributed by atoms with Crippen LogP contribution >= 0.6 is 15.9 Å². The monoisotopic (exact) mass is 621 g/mol. The van der Waals surface area contributed by atoms with Crippen LogP contribution in [0.3, 0.4) is 0 Å². The van der Waals surface area contributed by atoms with Crippen molar-refractivity contribution in [1.29, 1.82) is 0 Å². The smallest absolute Gasteiger partial charge is 0.268 e. The van der Waals surface area contributed by atoms with Crippen LogP contribution < -0.4 is 11.1 Å². The number of aromatic nitrogens is 5. The lowest BCUT2D eigenvalue weighted by Crippen LogP contribution is -2.20. The molecule has 6 aromatic rings. The minimum Gasteiger partial charge on any atom is -0.318 e. The Hall–Kier alpha value is -4.56. The van der Waals surface area contributed by atoms with Gasteiger partial charge in [-0.1, -0.05) is 81.7 Å². The molecule has 0 aliphatic rings. The maximum atomic E-state index is 13.7. The summed E-state index contributed by atoms with van der Waals surface area (Å²) in [6.45, 7) is 10.2. The van der Waals surface area contributed by atoms with Gasteiger partial charge in [0.2, 0.25) is 0 Å². The van der Waals surface area contributed by atoms with E-state index in [1.807, 2.05) is 76.2 Å². The predicted molar refractivity (Wildman–Crippen MR) is 172 cm³/mol. The van der Waals surface area contributed by atoms with E-state index in [1.165, 1.54) is 0 Å². The molecule has 0 saturated heterocycles. The van der Waals surface area contributed by atoms with Crippen molar-refractivity contribution >= 4 is 15.9 Å². The molecule has 0 radical (unpaired) electrons. The molecule has 8 heteroatoms. The lowest BCUT2D eigenvalue weighted by atomic mass is 9.83. The highest BCUT2D eigenvalue weighted by molar-refractivity contribution is 9.10. The summed E-state index contributed by atoms with van der Waals surface area (Å²) in [4.78, 5) is 27.5. The lowest BCUT2D eigenvalue weighted by molar-refractivity contribution is 0.908. The summed E-state index contributed by atoms with van der Waals surface area (Å²) in [6, 6.07) is 24.4. The van der Waals surface area contributed by atoms with E-state index in [9.17, 15) is 9.59 Å². The van der Waals surface area contributed by atoms with Gasteiger partial charge in [0, 0.05) is 21.5 Å². The molecule has 0 spiro atoms. The van der Waals surface area contributed by atoms with Crippen molar-refractivity contribution in [1.82, 2.24) is 25.0 Å². The van der Waals surface area contributed by atoms with Gasteiger partial charge in [0.25, 0.3) is 11.1 Å². The van der Waals surface area contributed by atoms with Crippen molar-refractivity contribution in [2.75, 3.05) is 0 Å². The van der Waals surface area contributed by atoms with E-state index < -0.39 is 5.92 Å². The number of aromatic amines is 4. The van der Waals surface area contributed by atoms with Gasteiger partial charge in [0.1, 0.15) is 0 Å². The van der Waals surface area contributed by atoms with Gasteiger partial charge in [-0.15, -0.1) is 0 Å². The summed E-state index contributed by atoms with van der Waals surface area (Å²) in [7, 11) is 0. The molecule has 4 N–H and O–H groups in total. The van der Waals surface area contributed by atoms with Crippen LogP contribution in [0.1, 0.15) is 50.7 Å². The predicted octanol–water partition coefficient (Wildman–Crippen LogP) is 7.33. The second-order valence-corrected chi connectivity index (χ2v) is 11.9. The van der Waals surface area contributed by atoms with E-state index in [2.05, 4.69) is 72.1 Å². The first-order valence-electron chi connectivity index (χ1n) is 13.8. The molecule has 0 aliphatic heterocycles. The minimum atomic E-state index is -0.670. The quantitative estimate of drug-likeness (QED) is 0.156. The van der Waals surface area contributed by atoms with E-state index in [-0.39, 0.29) is 11.1 Å². The standard InChI is InChI=1S/C34H32BrN5O2/c1-18-6-11-23(12-7-18)31-29(33(41)38-36-31)28(30-32(37-39-34(30)42)24-13-8-19(2)9-14-24)26-16-21(4)40(22(26)5)25-15-10-20(3)27(35)17-25/h6-17,28H,1-5H3,(H2,36,38,41)(H2,37,39,42). The van der Waals surface area contributed by atoms with Gasteiger partial charge < -0.3 is 4.57 Å². The topological polar surface area (TPSA) is 102 Å². The summed E-state index contributed by atoms with van der Waals surface area (Å²) in [5.74, 6) is -0.670. The van der Waals surface area contributed by atoms with Gasteiger partial charge in [-0.3, -0.25) is 30.0 Å². The SMILES string of the molecule is Cc1ccc(-c2[nH][nH]c(=O)c2C(c2cc(C)n(-c3ccc(C)c(Br)c3)c2C)c2c(-c3ccc(C)cc3)[nH][nH]c2=O)cc1. The van der Waals surface area contributed by atoms with Crippen LogP contribution in [-0.2, 0) is 0 Å². The third-order valence-electron chi connectivity index (χ3n) is 8.08. The fourth-order valence-corrected chi connectivity index (χ4v) is 6.20. The third kappa shape index (κ3) is 4.71. The number of rotatable bonds is 6. The van der Waals surface area contributed by atoms with Gasteiger partial charge in [-0.05, 0) is 75.1 Å². The van der Waals surface area contributed by atoms with E-state index in [0.717, 1.165) is 54.9 Å². The van der Waals surface area contributed by atoms with Crippen molar-refractivity contribution in [3.8, 4) is 28.2 Å². The van der Waals surface area contributed by atoms with Gasteiger partial charge in [0.05, 0.1) is 28.4 Å². The molecule has 3 aromatic heterocycles. The molecule has 3 heterocycles. The first kappa shape index (κ1) is 27.6. The maximum Gasteiger partial charge on any atom is 0.268 e. The number of nitrogens with one attached hydrogen (secondary N) is 4. The molecule has 0 atom stereocenters. The number of H-pyrrole nitrogens is 4. The van der Waals surface area contributed by atoms with E-state index in [1.54, 1.807) is 0 Å². The first-order chi connectivity index (χ1) is 20.1. The van der Waals surface area contributed by atoms with E-state index in [0.29, 0.717) is 22.5 Å². The number of hydrogen-bond donors (Lipinski definition) is 4. The molecule has 212 valence electrons. The Morgan fingerprint density at radius 3 is 1.62 bits per heavy atom. The first-order valence-corrected chi connectivity index (χ1v) is 14.6. The molecule has 0 amide bonds. The molecule has 6 rings (SSSR count). The highest BCUT2D eigenvalue weighted by Crippen LogP contribution is 2.40. The van der Waals surface area contributed by atoms with Gasteiger partial charge in [0.15, 0.2) is 0 Å². The molecular weight excluding hydrogens is 590 g/mol. The maximum absolute atomic E-state index is 13.7. The molecule has 0 bridgehead atoms. The molecule has 0 aliphatic carbocycles. The zero-order valence-electron chi connectivity index (χ0n) is 24.1. The molecule has 7 nitrogen and oxygen atoms in total. The molecular formula is C34H32BrN5O2. The number of nitrogens with zero attached hydrogens (tertiary/aromatic N) is 1. The van der Waals surface area contributed by atoms with Gasteiger partial charge in [-0.2, -0.15) is 0 Å². The Morgan fingerprint density at radius 1 is 0.643 bits per heavy atom. The van der Waals surface area contributed by atoms with Crippen LogP contribution in [0.25, 0.3) is 28.2 Å². The summed E-state index contributed by atoms with van der Waals surface area (Å²) in [6.07, 6.45) is 0. The summed E-state index contributed by atoms with van der Waals surface area (Å²) < 4.78 is 3.18. The summed E-state index contributed by atoms with van der Waals surface area (Å²) in [5.41, 5.74) is 10.7. The van der Waals surface area contributed by atoms with E-state index in [4.69, 9.17) is 0 Å². The largest absolute Gasteiger partial charge is 0.318 e. The van der Waals surface area contributed by atoms with Crippen LogP contribution in [0.2, 0.25) is 0 Å². The Labute approximate surface area is 251 Å². The zero-order valence-corrected chi connectivity index (χ0v) is 25.7. The van der Waals surface area contributed by atoms with Gasteiger partial charge in [-0.25, -0.2) is 0 Å². The van der Waals surface area contributed by atoms with Gasteiger partial charge >= 0.3 is 0 Å². The Morgan fingerprint density at radius 2 is 1.14 bits per heavy atom. The molecule has 42 heavy (non-hydrogen) atoms. The second kappa shape index (κ2) is 10.7. The average molecular weight is 623 g/mol. The van der Waals surface area contributed by atoms with Crippen molar-refractivity contribution in [2.24, 2.45) is 0 Å². The normalized spacial score (nSPS) is 11.5. The van der Waals surface area contributed by atoms with Crippen molar-refractivity contribution < 1.29 is 0 Å². The molecule has 0 saturated carbocycles. The third-order valence-corrected chi connectivity index (χ3v) is 8.94. The second-order valence-electron chi connectivity index (χ2n) is 11.0. The average Bonchev–Trinajstić information content (AvgIpc) is 3.62. The van der Waals surface area contributed by atoms with Crippen LogP contribution in [-0.4, -0.2) is 25.0 Å². The fraction of sp³-hybridized carbons (Fsp3) is 0.176. The van der Waals surface area contributed by atoms with Crippen molar-refractivity contribution in [3.05, 3.63) is 143 Å². The van der Waals surface area contributed by atoms with Crippen LogP contribution in [0.4, 0.5) is 0 Å². The highest BCUT2D eigenvalue weighted by atomic mass is 79.9. The van der Waals surface area contributed by atoms with Crippen molar-refractivity contribution in [3.63, 3.8) is 0 Å². The lowest BCUT2D eigenvalue weighted by Gasteiger charge is -2.19. The number of hydrogen-bond acceptors (Lipinski definition) is 2. The van der Waals surface area contributed by atoms with E-state index >= 15 is 0 Å². The number of halogens is 1. The van der Waals surface area contributed by atoms with Crippen LogP contribution in [0, 0.1) is 34.6 Å². The molecule has 0 fully saturated rings. The Balaban J connectivity index is 1.66. The Bertz CT molecular complexity index is 1940. The Kier molecular flexibility index (Phi) is 7.02. The van der Waals surface area contributed by atoms with Crippen LogP contribution in [0.15, 0.2) is 86.9 Å².